The van der Waals surface area contributed by atoms with E-state index in [0.717, 1.165) is 19.4 Å². The van der Waals surface area contributed by atoms with Crippen LogP contribution < -0.4 is 16.0 Å². The molecule has 22 heavy (non-hydrogen) atoms. The molecule has 0 saturated heterocycles. The van der Waals surface area contributed by atoms with Crippen molar-refractivity contribution in [2.75, 3.05) is 25.5 Å². The van der Waals surface area contributed by atoms with Crippen LogP contribution >= 0.6 is 24.0 Å². The topological polar surface area (TPSA) is 70.2 Å². The summed E-state index contributed by atoms with van der Waals surface area (Å²) in [6.45, 7) is 3.34. The highest BCUT2D eigenvalue weighted by Crippen LogP contribution is 2.21. The first-order valence-corrected chi connectivity index (χ1v) is 7.48. The molecule has 0 aliphatic heterocycles. The second-order valence-corrected chi connectivity index (χ2v) is 5.14. The number of nitrogens with one attached hydrogen (secondary N) is 3. The molecule has 7 heteroatoms. The number of rotatable bonds is 8. The quantitative estimate of drug-likeness (QED) is 0.633. The number of halogens is 2. The van der Waals surface area contributed by atoms with Crippen molar-refractivity contribution in [1.29, 1.82) is 0 Å². The van der Waals surface area contributed by atoms with Crippen molar-refractivity contribution in [2.45, 2.75) is 26.2 Å². The third-order valence-electron chi connectivity index (χ3n) is 2.87. The first-order chi connectivity index (χ1) is 10.1. The normalized spacial score (nSPS) is 9.77. The average molecular weight is 348 g/mol. The Morgan fingerprint density at radius 3 is 2.59 bits per heavy atom. The maximum absolute atomic E-state index is 12.1. The fraction of sp³-hybridized carbons (Fsp3) is 0.467. The lowest BCUT2D eigenvalue weighted by atomic mass is 10.1. The zero-order valence-corrected chi connectivity index (χ0v) is 14.4. The minimum Gasteiger partial charge on any atom is -0.352 e. The lowest BCUT2D eigenvalue weighted by Gasteiger charge is -2.12. The van der Waals surface area contributed by atoms with Crippen molar-refractivity contribution in [3.63, 3.8) is 0 Å². The third-order valence-corrected chi connectivity index (χ3v) is 3.10. The summed E-state index contributed by atoms with van der Waals surface area (Å²) in [5.41, 5.74) is 0.875. The Morgan fingerprint density at radius 2 is 1.95 bits per heavy atom. The fourth-order valence-corrected chi connectivity index (χ4v) is 1.96. The second kappa shape index (κ2) is 11.3. The van der Waals surface area contributed by atoms with Gasteiger partial charge in [0.25, 0.3) is 5.91 Å². The molecular formula is C15H23Cl2N3O2. The molecule has 0 spiro atoms. The summed E-state index contributed by atoms with van der Waals surface area (Å²) >= 11 is 5.94. The van der Waals surface area contributed by atoms with Gasteiger partial charge in [0.15, 0.2) is 0 Å². The van der Waals surface area contributed by atoms with E-state index in [9.17, 15) is 9.59 Å². The SMILES string of the molecule is CCCNC(=O)c1ccc(Cl)cc1NC(=O)CCCNC.Cl. The number of amides is 2. The van der Waals surface area contributed by atoms with Crippen molar-refractivity contribution in [3.8, 4) is 0 Å². The van der Waals surface area contributed by atoms with E-state index in [2.05, 4.69) is 16.0 Å². The molecule has 0 bridgehead atoms. The highest BCUT2D eigenvalue weighted by Gasteiger charge is 2.13. The maximum Gasteiger partial charge on any atom is 0.253 e. The van der Waals surface area contributed by atoms with Crippen molar-refractivity contribution in [3.05, 3.63) is 28.8 Å². The number of anilines is 1. The van der Waals surface area contributed by atoms with Gasteiger partial charge in [-0.05, 0) is 44.6 Å². The van der Waals surface area contributed by atoms with Crippen LogP contribution in [0.3, 0.4) is 0 Å². The lowest BCUT2D eigenvalue weighted by Crippen LogP contribution is -2.26. The third kappa shape index (κ3) is 7.11. The van der Waals surface area contributed by atoms with Gasteiger partial charge in [-0.1, -0.05) is 18.5 Å². The van der Waals surface area contributed by atoms with Crippen LogP contribution in [0.1, 0.15) is 36.5 Å². The summed E-state index contributed by atoms with van der Waals surface area (Å²) in [4.78, 5) is 23.9. The van der Waals surface area contributed by atoms with E-state index in [4.69, 9.17) is 11.6 Å². The molecule has 0 atom stereocenters. The van der Waals surface area contributed by atoms with Crippen molar-refractivity contribution >= 4 is 41.5 Å². The van der Waals surface area contributed by atoms with Gasteiger partial charge in [-0.25, -0.2) is 0 Å². The number of benzene rings is 1. The molecule has 1 aromatic carbocycles. The van der Waals surface area contributed by atoms with E-state index in [1.165, 1.54) is 0 Å². The fourth-order valence-electron chi connectivity index (χ4n) is 1.79. The van der Waals surface area contributed by atoms with E-state index < -0.39 is 0 Å². The van der Waals surface area contributed by atoms with Gasteiger partial charge in [-0.3, -0.25) is 9.59 Å². The van der Waals surface area contributed by atoms with Gasteiger partial charge in [-0.2, -0.15) is 0 Å². The molecular weight excluding hydrogens is 325 g/mol. The van der Waals surface area contributed by atoms with E-state index >= 15 is 0 Å². The van der Waals surface area contributed by atoms with Gasteiger partial charge in [0.05, 0.1) is 11.3 Å². The number of carbonyl (C=O) groups excluding carboxylic acids is 2. The molecule has 1 aromatic rings. The van der Waals surface area contributed by atoms with Crippen molar-refractivity contribution < 1.29 is 9.59 Å². The van der Waals surface area contributed by atoms with E-state index in [1.807, 2.05) is 14.0 Å². The van der Waals surface area contributed by atoms with Gasteiger partial charge in [-0.15, -0.1) is 12.4 Å². The summed E-state index contributed by atoms with van der Waals surface area (Å²) in [5.74, 6) is -0.337. The van der Waals surface area contributed by atoms with Gasteiger partial charge in [0, 0.05) is 18.0 Å². The molecule has 3 N–H and O–H groups in total. The van der Waals surface area contributed by atoms with Crippen molar-refractivity contribution in [1.82, 2.24) is 10.6 Å². The lowest BCUT2D eigenvalue weighted by molar-refractivity contribution is -0.116. The second-order valence-electron chi connectivity index (χ2n) is 4.70. The van der Waals surface area contributed by atoms with Crippen LogP contribution in [-0.2, 0) is 4.79 Å². The predicted octanol–water partition coefficient (Wildman–Crippen LogP) is 2.84. The van der Waals surface area contributed by atoms with E-state index in [0.29, 0.717) is 29.2 Å². The zero-order valence-electron chi connectivity index (χ0n) is 12.9. The monoisotopic (exact) mass is 347 g/mol. The minimum absolute atomic E-state index is 0. The predicted molar refractivity (Wildman–Crippen MR) is 93.1 cm³/mol. The number of hydrogen-bond acceptors (Lipinski definition) is 3. The van der Waals surface area contributed by atoms with Crippen LogP contribution in [0.15, 0.2) is 18.2 Å². The number of carbonyl (C=O) groups is 2. The molecule has 0 saturated carbocycles. The Hall–Kier alpha value is -1.30. The van der Waals surface area contributed by atoms with Crippen molar-refractivity contribution in [2.24, 2.45) is 0 Å². The largest absolute Gasteiger partial charge is 0.352 e. The van der Waals surface area contributed by atoms with Gasteiger partial charge < -0.3 is 16.0 Å². The molecule has 1 rings (SSSR count). The zero-order chi connectivity index (χ0) is 15.7. The summed E-state index contributed by atoms with van der Waals surface area (Å²) in [5, 5.41) is 9.01. The Labute approximate surface area is 142 Å². The highest BCUT2D eigenvalue weighted by atomic mass is 35.5. The van der Waals surface area contributed by atoms with Gasteiger partial charge >= 0.3 is 0 Å². The molecule has 124 valence electrons. The molecule has 0 aromatic heterocycles. The molecule has 0 unspecified atom stereocenters. The molecule has 0 heterocycles. The summed E-state index contributed by atoms with van der Waals surface area (Å²) in [7, 11) is 1.84. The molecule has 2 amide bonds. The Morgan fingerprint density at radius 1 is 1.23 bits per heavy atom. The Balaban J connectivity index is 0.00000441. The molecule has 0 aliphatic carbocycles. The first-order valence-electron chi connectivity index (χ1n) is 7.10. The standard InChI is InChI=1S/C15H22ClN3O2.ClH/c1-3-8-18-15(21)12-7-6-11(16)10-13(12)19-14(20)5-4-9-17-2;/h6-7,10,17H,3-5,8-9H2,1-2H3,(H,18,21)(H,19,20);1H. The van der Waals surface area contributed by atoms with Gasteiger partial charge in [0.2, 0.25) is 5.91 Å². The molecule has 5 nitrogen and oxygen atoms in total. The average Bonchev–Trinajstić information content (AvgIpc) is 2.45. The summed E-state index contributed by atoms with van der Waals surface area (Å²) in [6.07, 6.45) is 1.98. The molecule has 0 aliphatic rings. The van der Waals surface area contributed by atoms with E-state index in [-0.39, 0.29) is 24.2 Å². The van der Waals surface area contributed by atoms with Crippen LogP contribution in [0.25, 0.3) is 0 Å². The smallest absolute Gasteiger partial charge is 0.253 e. The van der Waals surface area contributed by atoms with Crippen LogP contribution in [0.5, 0.6) is 0 Å². The summed E-state index contributed by atoms with van der Waals surface area (Å²) < 4.78 is 0. The summed E-state index contributed by atoms with van der Waals surface area (Å²) in [6, 6.07) is 4.86. The maximum atomic E-state index is 12.1. The van der Waals surface area contributed by atoms with Crippen LogP contribution in [0.4, 0.5) is 5.69 Å². The van der Waals surface area contributed by atoms with Crippen LogP contribution in [0.2, 0.25) is 5.02 Å². The number of hydrogen-bond donors (Lipinski definition) is 3. The van der Waals surface area contributed by atoms with Gasteiger partial charge in [0.1, 0.15) is 0 Å². The Bertz CT molecular complexity index is 496. The molecule has 0 radical (unpaired) electrons. The van der Waals surface area contributed by atoms with Crippen LogP contribution in [0, 0.1) is 0 Å². The Kier molecular flexibility index (Phi) is 10.6. The first kappa shape index (κ1) is 20.7. The van der Waals surface area contributed by atoms with Crippen LogP contribution in [-0.4, -0.2) is 32.0 Å². The van der Waals surface area contributed by atoms with E-state index in [1.54, 1.807) is 18.2 Å². The minimum atomic E-state index is -0.209. The highest BCUT2D eigenvalue weighted by molar-refractivity contribution is 6.31. The molecule has 0 fully saturated rings.